The summed E-state index contributed by atoms with van der Waals surface area (Å²) in [5, 5.41) is 21.9. The van der Waals surface area contributed by atoms with E-state index in [1.54, 1.807) is 12.1 Å². The van der Waals surface area contributed by atoms with Crippen LogP contribution < -0.4 is 4.74 Å². The summed E-state index contributed by atoms with van der Waals surface area (Å²) < 4.78 is 22.8. The Kier molecular flexibility index (Phi) is 3.88. The molecule has 5 heteroatoms. The molecule has 5 fully saturated rings. The van der Waals surface area contributed by atoms with E-state index >= 15 is 0 Å². The zero-order valence-corrected chi connectivity index (χ0v) is 17.1. The Labute approximate surface area is 171 Å². The average molecular weight is 401 g/mol. The largest absolute Gasteiger partial charge is 0.493 e. The molecule has 1 aromatic rings. The Balaban J connectivity index is 1.27. The van der Waals surface area contributed by atoms with Gasteiger partial charge in [0.1, 0.15) is 11.6 Å². The van der Waals surface area contributed by atoms with Gasteiger partial charge in [0.05, 0.1) is 18.6 Å². The third-order valence-electron chi connectivity index (χ3n) is 8.36. The Morgan fingerprint density at radius 3 is 2.59 bits per heavy atom. The van der Waals surface area contributed by atoms with E-state index in [0.717, 1.165) is 61.8 Å². The number of nitrogens with zero attached hydrogens (tertiary/aromatic N) is 1. The van der Waals surface area contributed by atoms with Gasteiger partial charge in [0.25, 0.3) is 0 Å². The van der Waals surface area contributed by atoms with Crippen molar-refractivity contribution >= 4 is 5.90 Å². The fraction of sp³-hybridized carbons (Fsp3) is 0.708. The number of hydrogen-bond acceptors (Lipinski definition) is 2. The molecular weight excluding hydrogens is 369 g/mol. The van der Waals surface area contributed by atoms with Crippen molar-refractivity contribution in [3.05, 3.63) is 29.1 Å². The minimum absolute atomic E-state index is 0.0971. The van der Waals surface area contributed by atoms with Gasteiger partial charge in [0.15, 0.2) is 12.1 Å². The highest BCUT2D eigenvalue weighted by molar-refractivity contribution is 5.69. The molecule has 4 unspecified atom stereocenters. The first-order valence-electron chi connectivity index (χ1n) is 11.4. The number of aliphatic hydroxyl groups is 2. The van der Waals surface area contributed by atoms with Crippen molar-refractivity contribution in [1.82, 2.24) is 0 Å². The fourth-order valence-electron chi connectivity index (χ4n) is 7.14. The standard InChI is InChI=1S/C24H30FNO3/c1-13(18-12-29-20-5-4-19(25)22(23(18)20)15-2-3-15)6-21(27)26-16-7-14-8-17(26)11-24(28,9-14)10-16/h4-5,13-18,28H,2-3,6-12H2,1H3/p+1. The number of piperidine rings is 2. The number of fused-ring (bicyclic) bond motifs is 1. The fourth-order valence-corrected chi connectivity index (χ4v) is 7.14. The Bertz CT molecular complexity index is 874. The van der Waals surface area contributed by atoms with E-state index in [2.05, 4.69) is 11.5 Å². The number of rotatable bonds is 4. The van der Waals surface area contributed by atoms with E-state index in [1.807, 2.05) is 0 Å². The van der Waals surface area contributed by atoms with Gasteiger partial charge in [-0.3, -0.25) is 0 Å². The predicted octanol–water partition coefficient (Wildman–Crippen LogP) is 4.25. The Morgan fingerprint density at radius 1 is 1.21 bits per heavy atom. The lowest BCUT2D eigenvalue weighted by Gasteiger charge is -2.51. The maximum Gasteiger partial charge on any atom is 0.334 e. The van der Waals surface area contributed by atoms with Crippen LogP contribution in [0.15, 0.2) is 12.1 Å². The summed E-state index contributed by atoms with van der Waals surface area (Å²) in [5.74, 6) is 2.46. The zero-order valence-electron chi connectivity index (χ0n) is 17.1. The van der Waals surface area contributed by atoms with Gasteiger partial charge >= 0.3 is 5.90 Å². The molecule has 6 aliphatic rings. The van der Waals surface area contributed by atoms with Gasteiger partial charge in [-0.05, 0) is 54.7 Å². The summed E-state index contributed by atoms with van der Waals surface area (Å²) in [6.07, 6.45) is 7.39. The summed E-state index contributed by atoms with van der Waals surface area (Å²) in [6.45, 7) is 2.73. The number of benzene rings is 1. The van der Waals surface area contributed by atoms with Gasteiger partial charge in [-0.25, -0.2) is 4.39 Å². The first-order valence-corrected chi connectivity index (χ1v) is 11.4. The molecule has 0 radical (unpaired) electrons. The predicted molar refractivity (Wildman–Crippen MR) is 107 cm³/mol. The normalized spacial score (nSPS) is 38.1. The van der Waals surface area contributed by atoms with Gasteiger partial charge in [-0.15, -0.1) is 0 Å². The first kappa shape index (κ1) is 18.2. The van der Waals surface area contributed by atoms with Crippen LogP contribution in [0.3, 0.4) is 0 Å². The van der Waals surface area contributed by atoms with Crippen molar-refractivity contribution in [2.45, 2.75) is 87.8 Å². The monoisotopic (exact) mass is 400 g/mol. The molecule has 1 aromatic carbocycles. The zero-order chi connectivity index (χ0) is 19.9. The van der Waals surface area contributed by atoms with Gasteiger partial charge in [-0.1, -0.05) is 6.92 Å². The molecule has 2 N–H and O–H groups in total. The molecule has 3 heterocycles. The lowest BCUT2D eigenvalue weighted by Crippen LogP contribution is -2.62. The summed E-state index contributed by atoms with van der Waals surface area (Å²) in [4.78, 5) is 0. The van der Waals surface area contributed by atoms with Crippen LogP contribution in [0, 0.1) is 17.7 Å². The lowest BCUT2D eigenvalue weighted by atomic mass is 9.61. The summed E-state index contributed by atoms with van der Waals surface area (Å²) in [5.41, 5.74) is 1.42. The lowest BCUT2D eigenvalue weighted by molar-refractivity contribution is -0.648. The van der Waals surface area contributed by atoms with E-state index in [0.29, 0.717) is 30.8 Å². The summed E-state index contributed by atoms with van der Waals surface area (Å²) in [7, 11) is 0. The summed E-state index contributed by atoms with van der Waals surface area (Å²) in [6, 6.07) is 3.86. The highest BCUT2D eigenvalue weighted by Crippen LogP contribution is 2.52. The SMILES string of the molecule is CC(CC(O)=[N+]1C2CC3CC1CC(O)(C3)C2)C1COc2ccc(F)c(C3CC3)c21. The van der Waals surface area contributed by atoms with Gasteiger partial charge in [-0.2, -0.15) is 4.58 Å². The van der Waals surface area contributed by atoms with Gasteiger partial charge < -0.3 is 14.9 Å². The molecule has 0 amide bonds. The molecule has 3 aliphatic heterocycles. The highest BCUT2D eigenvalue weighted by atomic mass is 19.1. The van der Waals surface area contributed by atoms with E-state index in [1.165, 1.54) is 0 Å². The van der Waals surface area contributed by atoms with Gasteiger partial charge in [0.2, 0.25) is 0 Å². The second kappa shape index (κ2) is 6.19. The minimum Gasteiger partial charge on any atom is -0.493 e. The molecule has 156 valence electrons. The molecule has 0 spiro atoms. The smallest absolute Gasteiger partial charge is 0.334 e. The number of aliphatic hydroxyl groups excluding tert-OH is 1. The number of hydrogen-bond donors (Lipinski definition) is 2. The summed E-state index contributed by atoms with van der Waals surface area (Å²) >= 11 is 0. The van der Waals surface area contributed by atoms with Crippen LogP contribution in [0.1, 0.15) is 81.3 Å². The van der Waals surface area contributed by atoms with Crippen molar-refractivity contribution in [2.24, 2.45) is 11.8 Å². The maximum atomic E-state index is 14.6. The van der Waals surface area contributed by atoms with Crippen LogP contribution in [-0.4, -0.2) is 45.0 Å². The molecule has 29 heavy (non-hydrogen) atoms. The van der Waals surface area contributed by atoms with Crippen LogP contribution >= 0.6 is 0 Å². The molecule has 4 bridgehead atoms. The molecule has 2 saturated heterocycles. The number of ether oxygens (including phenoxy) is 1. The molecule has 4 nitrogen and oxygen atoms in total. The molecular formula is C24H31FNO3+. The van der Waals surface area contributed by atoms with Crippen molar-refractivity contribution in [3.63, 3.8) is 0 Å². The topological polar surface area (TPSA) is 52.7 Å². The molecule has 3 aliphatic carbocycles. The molecule has 7 rings (SSSR count). The van der Waals surface area contributed by atoms with Crippen LogP contribution in [0.4, 0.5) is 4.39 Å². The third-order valence-corrected chi connectivity index (χ3v) is 8.36. The third kappa shape index (κ3) is 2.83. The minimum atomic E-state index is -0.506. The van der Waals surface area contributed by atoms with Crippen LogP contribution in [-0.2, 0) is 0 Å². The highest BCUT2D eigenvalue weighted by Gasteiger charge is 2.58. The van der Waals surface area contributed by atoms with E-state index in [4.69, 9.17) is 4.74 Å². The van der Waals surface area contributed by atoms with Crippen LogP contribution in [0.5, 0.6) is 5.75 Å². The molecule has 4 atom stereocenters. The second-order valence-electron chi connectivity index (χ2n) is 10.6. The Hall–Kier alpha value is -1.62. The van der Waals surface area contributed by atoms with E-state index < -0.39 is 5.60 Å². The number of halogens is 1. The first-order chi connectivity index (χ1) is 13.9. The van der Waals surface area contributed by atoms with Crippen molar-refractivity contribution in [1.29, 1.82) is 0 Å². The quantitative estimate of drug-likeness (QED) is 0.587. The van der Waals surface area contributed by atoms with E-state index in [9.17, 15) is 14.6 Å². The molecule has 0 aromatic heterocycles. The van der Waals surface area contributed by atoms with Gasteiger partial charge in [0, 0.05) is 37.2 Å². The molecule has 3 saturated carbocycles. The second-order valence-corrected chi connectivity index (χ2v) is 10.6. The Morgan fingerprint density at radius 2 is 1.93 bits per heavy atom. The maximum absolute atomic E-state index is 14.6. The van der Waals surface area contributed by atoms with Crippen molar-refractivity contribution in [2.75, 3.05) is 6.61 Å². The average Bonchev–Trinajstić information content (AvgIpc) is 3.37. The van der Waals surface area contributed by atoms with Crippen LogP contribution in [0.2, 0.25) is 0 Å². The van der Waals surface area contributed by atoms with Crippen molar-refractivity contribution in [3.8, 4) is 5.75 Å². The van der Waals surface area contributed by atoms with E-state index in [-0.39, 0.29) is 29.7 Å². The van der Waals surface area contributed by atoms with Crippen molar-refractivity contribution < 1.29 is 23.9 Å². The van der Waals surface area contributed by atoms with Crippen LogP contribution in [0.25, 0.3) is 0 Å².